The van der Waals surface area contributed by atoms with Gasteiger partial charge in [0.05, 0.1) is 0 Å². The molecule has 1 aliphatic heterocycles. The minimum atomic E-state index is -0.00601. The molecule has 138 valence electrons. The van der Waals surface area contributed by atoms with E-state index in [9.17, 15) is 4.79 Å². The number of carbonyl (C=O) groups excluding carboxylic acids is 1. The van der Waals surface area contributed by atoms with Gasteiger partial charge >= 0.3 is 0 Å². The molecule has 1 heterocycles. The largest absolute Gasteiger partial charge is 0.353 e. The molecule has 1 fully saturated rings. The maximum absolute atomic E-state index is 12.3. The number of hydrogen-bond donors (Lipinski definition) is 0. The van der Waals surface area contributed by atoms with Crippen LogP contribution in [-0.4, -0.2) is 25.3 Å². The molecule has 0 aliphatic carbocycles. The Labute approximate surface area is 156 Å². The monoisotopic (exact) mass is 352 g/mol. The first-order valence-electron chi connectivity index (χ1n) is 9.75. The Hall–Kier alpha value is -1.97. The number of carbonyl (C=O) groups is 1. The van der Waals surface area contributed by atoms with Crippen molar-refractivity contribution in [1.29, 1.82) is 0 Å². The van der Waals surface area contributed by atoms with Gasteiger partial charge in [0.1, 0.15) is 0 Å². The van der Waals surface area contributed by atoms with Crippen LogP contribution in [0, 0.1) is 0 Å². The molecular weight excluding hydrogens is 324 g/mol. The van der Waals surface area contributed by atoms with Crippen LogP contribution < -0.4 is 0 Å². The maximum Gasteiger partial charge on any atom is 0.162 e. The summed E-state index contributed by atoms with van der Waals surface area (Å²) >= 11 is 0. The van der Waals surface area contributed by atoms with Gasteiger partial charge in [-0.2, -0.15) is 0 Å². The first-order valence-corrected chi connectivity index (χ1v) is 9.75. The zero-order chi connectivity index (χ0) is 18.0. The molecular formula is C23H28O3. The summed E-state index contributed by atoms with van der Waals surface area (Å²) < 4.78 is 11.3. The van der Waals surface area contributed by atoms with Crippen LogP contribution in [0.3, 0.4) is 0 Å². The third-order valence-corrected chi connectivity index (χ3v) is 4.80. The Kier molecular flexibility index (Phi) is 7.41. The van der Waals surface area contributed by atoms with Crippen LogP contribution in [0.2, 0.25) is 0 Å². The minimum Gasteiger partial charge on any atom is -0.353 e. The Morgan fingerprint density at radius 3 is 2.42 bits per heavy atom. The molecule has 1 atom stereocenters. The van der Waals surface area contributed by atoms with Crippen molar-refractivity contribution in [2.75, 3.05) is 13.2 Å². The number of hydrogen-bond acceptors (Lipinski definition) is 3. The SMILES string of the molecule is O=C(CCCCCOC1CCCCO1)c1ccc(-c2ccccc2)cc1. The summed E-state index contributed by atoms with van der Waals surface area (Å²) in [6, 6.07) is 18.2. The first kappa shape index (κ1) is 18.8. The van der Waals surface area contributed by atoms with Crippen molar-refractivity contribution in [2.24, 2.45) is 0 Å². The highest BCUT2D eigenvalue weighted by Crippen LogP contribution is 2.20. The molecule has 3 nitrogen and oxygen atoms in total. The van der Waals surface area contributed by atoms with Crippen molar-refractivity contribution in [3.8, 4) is 11.1 Å². The Morgan fingerprint density at radius 1 is 0.923 bits per heavy atom. The van der Waals surface area contributed by atoms with E-state index in [4.69, 9.17) is 9.47 Å². The number of unbranched alkanes of at least 4 members (excludes halogenated alkanes) is 2. The fraction of sp³-hybridized carbons (Fsp3) is 0.435. The summed E-state index contributed by atoms with van der Waals surface area (Å²) in [5.41, 5.74) is 3.12. The fourth-order valence-corrected chi connectivity index (χ4v) is 3.25. The molecule has 0 amide bonds. The van der Waals surface area contributed by atoms with E-state index < -0.39 is 0 Å². The minimum absolute atomic E-state index is 0.00601. The number of ether oxygens (including phenoxy) is 2. The second-order valence-corrected chi connectivity index (χ2v) is 6.84. The van der Waals surface area contributed by atoms with Crippen molar-refractivity contribution in [1.82, 2.24) is 0 Å². The standard InChI is InChI=1S/C23H28O3/c24-22(11-5-2-7-17-25-23-12-6-8-18-26-23)21-15-13-20(14-16-21)19-9-3-1-4-10-19/h1,3-4,9-10,13-16,23H,2,5-8,11-12,17-18H2. The van der Waals surface area contributed by atoms with Gasteiger partial charge in [-0.05, 0) is 43.2 Å². The van der Waals surface area contributed by atoms with E-state index >= 15 is 0 Å². The maximum atomic E-state index is 12.3. The summed E-state index contributed by atoms with van der Waals surface area (Å²) in [5.74, 6) is 0.223. The number of Topliss-reactive ketones (excluding diaryl/α,β-unsaturated/α-hetero) is 1. The van der Waals surface area contributed by atoms with Gasteiger partial charge in [0.15, 0.2) is 12.1 Å². The summed E-state index contributed by atoms with van der Waals surface area (Å²) in [7, 11) is 0. The highest BCUT2D eigenvalue weighted by Gasteiger charge is 2.13. The molecule has 26 heavy (non-hydrogen) atoms. The second-order valence-electron chi connectivity index (χ2n) is 6.84. The van der Waals surface area contributed by atoms with Crippen molar-refractivity contribution < 1.29 is 14.3 Å². The van der Waals surface area contributed by atoms with E-state index in [2.05, 4.69) is 12.1 Å². The van der Waals surface area contributed by atoms with Crippen LogP contribution in [-0.2, 0) is 9.47 Å². The van der Waals surface area contributed by atoms with Gasteiger partial charge < -0.3 is 9.47 Å². The third-order valence-electron chi connectivity index (χ3n) is 4.80. The van der Waals surface area contributed by atoms with Gasteiger partial charge in [-0.15, -0.1) is 0 Å². The fourth-order valence-electron chi connectivity index (χ4n) is 3.25. The Morgan fingerprint density at radius 2 is 1.69 bits per heavy atom. The van der Waals surface area contributed by atoms with Gasteiger partial charge in [-0.1, -0.05) is 61.0 Å². The van der Waals surface area contributed by atoms with Gasteiger partial charge in [-0.3, -0.25) is 4.79 Å². The molecule has 0 spiro atoms. The zero-order valence-electron chi connectivity index (χ0n) is 15.4. The molecule has 0 aromatic heterocycles. The molecule has 1 unspecified atom stereocenters. The summed E-state index contributed by atoms with van der Waals surface area (Å²) in [6.07, 6.45) is 6.86. The average Bonchev–Trinajstić information content (AvgIpc) is 2.72. The van der Waals surface area contributed by atoms with E-state index in [1.54, 1.807) is 0 Å². The smallest absolute Gasteiger partial charge is 0.162 e. The Balaban J connectivity index is 1.34. The predicted octanol–water partition coefficient (Wildman–Crippen LogP) is 5.64. The molecule has 0 N–H and O–H groups in total. The van der Waals surface area contributed by atoms with E-state index in [1.807, 2.05) is 42.5 Å². The summed E-state index contributed by atoms with van der Waals surface area (Å²) in [5, 5.41) is 0. The zero-order valence-corrected chi connectivity index (χ0v) is 15.4. The molecule has 0 bridgehead atoms. The van der Waals surface area contributed by atoms with Crippen LogP contribution in [0.5, 0.6) is 0 Å². The highest BCUT2D eigenvalue weighted by atomic mass is 16.7. The number of ketones is 1. The lowest BCUT2D eigenvalue weighted by atomic mass is 10.0. The second kappa shape index (κ2) is 10.2. The first-order chi connectivity index (χ1) is 12.8. The molecule has 3 heteroatoms. The van der Waals surface area contributed by atoms with E-state index in [1.165, 1.54) is 12.0 Å². The molecule has 1 saturated heterocycles. The van der Waals surface area contributed by atoms with Gasteiger partial charge in [0, 0.05) is 25.2 Å². The molecule has 3 rings (SSSR count). The average molecular weight is 352 g/mol. The van der Waals surface area contributed by atoms with Crippen LogP contribution in [0.15, 0.2) is 54.6 Å². The van der Waals surface area contributed by atoms with E-state index in [0.717, 1.165) is 56.4 Å². The molecule has 0 saturated carbocycles. The van der Waals surface area contributed by atoms with E-state index in [0.29, 0.717) is 6.42 Å². The van der Waals surface area contributed by atoms with Crippen molar-refractivity contribution >= 4 is 5.78 Å². The third kappa shape index (κ3) is 5.79. The topological polar surface area (TPSA) is 35.5 Å². The van der Waals surface area contributed by atoms with Crippen molar-refractivity contribution in [2.45, 2.75) is 51.2 Å². The Bertz CT molecular complexity index is 658. The lowest BCUT2D eigenvalue weighted by molar-refractivity contribution is -0.162. The molecule has 1 aliphatic rings. The highest BCUT2D eigenvalue weighted by molar-refractivity contribution is 5.96. The van der Waals surface area contributed by atoms with Gasteiger partial charge in [-0.25, -0.2) is 0 Å². The van der Waals surface area contributed by atoms with Crippen molar-refractivity contribution in [3.05, 3.63) is 60.2 Å². The van der Waals surface area contributed by atoms with Gasteiger partial charge in [0.2, 0.25) is 0 Å². The lowest BCUT2D eigenvalue weighted by Gasteiger charge is -2.22. The molecule has 2 aromatic carbocycles. The number of benzene rings is 2. The lowest BCUT2D eigenvalue weighted by Crippen LogP contribution is -2.22. The molecule has 0 radical (unpaired) electrons. The van der Waals surface area contributed by atoms with Crippen LogP contribution >= 0.6 is 0 Å². The van der Waals surface area contributed by atoms with Gasteiger partial charge in [0.25, 0.3) is 0 Å². The normalized spacial score (nSPS) is 17.2. The van der Waals surface area contributed by atoms with E-state index in [-0.39, 0.29) is 12.1 Å². The summed E-state index contributed by atoms with van der Waals surface area (Å²) in [4.78, 5) is 12.3. The quantitative estimate of drug-likeness (QED) is 0.433. The van der Waals surface area contributed by atoms with Crippen LogP contribution in [0.4, 0.5) is 0 Å². The molecule has 2 aromatic rings. The van der Waals surface area contributed by atoms with Crippen molar-refractivity contribution in [3.63, 3.8) is 0 Å². The predicted molar refractivity (Wildman–Crippen MR) is 104 cm³/mol. The number of rotatable bonds is 9. The van der Waals surface area contributed by atoms with Crippen LogP contribution in [0.25, 0.3) is 11.1 Å². The summed E-state index contributed by atoms with van der Waals surface area (Å²) in [6.45, 7) is 1.55. The van der Waals surface area contributed by atoms with Crippen LogP contribution in [0.1, 0.15) is 55.3 Å².